The van der Waals surface area contributed by atoms with Crippen molar-refractivity contribution in [1.29, 1.82) is 0 Å². The lowest BCUT2D eigenvalue weighted by Gasteiger charge is -2.14. The van der Waals surface area contributed by atoms with E-state index in [0.29, 0.717) is 11.6 Å². The van der Waals surface area contributed by atoms with Crippen molar-refractivity contribution in [2.24, 2.45) is 0 Å². The van der Waals surface area contributed by atoms with Crippen LogP contribution in [-0.2, 0) is 4.79 Å². The number of anilines is 1. The Morgan fingerprint density at radius 3 is 2.55 bits per heavy atom. The molecule has 0 saturated heterocycles. The van der Waals surface area contributed by atoms with Gasteiger partial charge in [0.15, 0.2) is 6.10 Å². The summed E-state index contributed by atoms with van der Waals surface area (Å²) >= 11 is 3.35. The normalized spacial score (nSPS) is 11.8. The average molecular weight is 335 g/mol. The van der Waals surface area contributed by atoms with Crippen molar-refractivity contribution >= 4 is 27.7 Å². The van der Waals surface area contributed by atoms with E-state index in [1.165, 1.54) is 0 Å². The largest absolute Gasteiger partial charge is 0.481 e. The summed E-state index contributed by atoms with van der Waals surface area (Å²) < 4.78 is 6.53. The van der Waals surface area contributed by atoms with Crippen molar-refractivity contribution in [3.8, 4) is 5.75 Å². The Labute approximate surface area is 126 Å². The molecule has 0 bridgehead atoms. The summed E-state index contributed by atoms with van der Waals surface area (Å²) in [5.74, 6) is 0.934. The van der Waals surface area contributed by atoms with E-state index in [1.54, 1.807) is 31.3 Å². The summed E-state index contributed by atoms with van der Waals surface area (Å²) in [5, 5.41) is 2.72. The summed E-state index contributed by atoms with van der Waals surface area (Å²) in [5.41, 5.74) is 1.04. The number of rotatable bonds is 4. The number of aryl methyl sites for hydroxylation is 1. The predicted octanol–water partition coefficient (Wildman–Crippen LogP) is 3.56. The molecule has 1 N–H and O–H groups in total. The fraction of sp³-hybridized carbons (Fsp3) is 0.200. The van der Waals surface area contributed by atoms with Crippen LogP contribution in [0, 0.1) is 6.92 Å². The van der Waals surface area contributed by atoms with E-state index in [-0.39, 0.29) is 5.91 Å². The molecular weight excluding hydrogens is 320 g/mol. The number of hydrogen-bond donors (Lipinski definition) is 1. The van der Waals surface area contributed by atoms with Gasteiger partial charge in [-0.2, -0.15) is 0 Å². The second-order valence-corrected chi connectivity index (χ2v) is 5.34. The van der Waals surface area contributed by atoms with Crippen molar-refractivity contribution in [2.45, 2.75) is 20.0 Å². The van der Waals surface area contributed by atoms with Gasteiger partial charge in [0.05, 0.1) is 0 Å². The first-order chi connectivity index (χ1) is 9.54. The highest BCUT2D eigenvalue weighted by atomic mass is 79.9. The van der Waals surface area contributed by atoms with Crippen LogP contribution in [0.25, 0.3) is 0 Å². The lowest BCUT2D eigenvalue weighted by molar-refractivity contribution is -0.122. The number of hydrogen-bond acceptors (Lipinski definition) is 3. The average Bonchev–Trinajstić information content (AvgIpc) is 2.44. The van der Waals surface area contributed by atoms with E-state index >= 15 is 0 Å². The standard InChI is InChI=1S/C15H15BrN2O2/c1-10-3-8-14(17-9-10)18-15(19)11(2)20-13-6-4-12(16)5-7-13/h3-9,11H,1-2H3,(H,17,18,19). The highest BCUT2D eigenvalue weighted by molar-refractivity contribution is 9.10. The number of amides is 1. The molecular formula is C15H15BrN2O2. The summed E-state index contributed by atoms with van der Waals surface area (Å²) in [6.07, 6.45) is 1.11. The fourth-order valence-electron chi connectivity index (χ4n) is 1.54. The van der Waals surface area contributed by atoms with Crippen LogP contribution >= 0.6 is 15.9 Å². The summed E-state index contributed by atoms with van der Waals surface area (Å²) in [4.78, 5) is 16.1. The number of ether oxygens (including phenoxy) is 1. The van der Waals surface area contributed by atoms with E-state index < -0.39 is 6.10 Å². The van der Waals surface area contributed by atoms with Gasteiger partial charge in [-0.05, 0) is 49.7 Å². The molecule has 20 heavy (non-hydrogen) atoms. The molecule has 1 aromatic carbocycles. The first-order valence-electron chi connectivity index (χ1n) is 6.20. The lowest BCUT2D eigenvalue weighted by atomic mass is 10.3. The van der Waals surface area contributed by atoms with E-state index in [2.05, 4.69) is 26.2 Å². The maximum absolute atomic E-state index is 12.0. The van der Waals surface area contributed by atoms with Gasteiger partial charge in [0.1, 0.15) is 11.6 Å². The Kier molecular flexibility index (Phi) is 4.74. The maximum Gasteiger partial charge on any atom is 0.266 e. The number of carbonyl (C=O) groups is 1. The Bertz CT molecular complexity index is 582. The van der Waals surface area contributed by atoms with Crippen LogP contribution in [0.4, 0.5) is 5.82 Å². The van der Waals surface area contributed by atoms with Crippen molar-refractivity contribution in [3.05, 3.63) is 52.6 Å². The fourth-order valence-corrected chi connectivity index (χ4v) is 1.80. The quantitative estimate of drug-likeness (QED) is 0.929. The smallest absolute Gasteiger partial charge is 0.266 e. The number of nitrogens with one attached hydrogen (secondary N) is 1. The molecule has 1 unspecified atom stereocenters. The van der Waals surface area contributed by atoms with Gasteiger partial charge in [-0.1, -0.05) is 22.0 Å². The minimum Gasteiger partial charge on any atom is -0.481 e. The first kappa shape index (κ1) is 14.5. The predicted molar refractivity (Wildman–Crippen MR) is 81.8 cm³/mol. The SMILES string of the molecule is Cc1ccc(NC(=O)C(C)Oc2ccc(Br)cc2)nc1. The van der Waals surface area contributed by atoms with Gasteiger partial charge in [-0.25, -0.2) is 4.98 Å². The van der Waals surface area contributed by atoms with Crippen LogP contribution < -0.4 is 10.1 Å². The van der Waals surface area contributed by atoms with Crippen LogP contribution in [0.1, 0.15) is 12.5 Å². The third kappa shape index (κ3) is 4.06. The zero-order valence-corrected chi connectivity index (χ0v) is 12.8. The van der Waals surface area contributed by atoms with Gasteiger partial charge in [0.25, 0.3) is 5.91 Å². The minimum atomic E-state index is -0.598. The van der Waals surface area contributed by atoms with E-state index in [9.17, 15) is 4.79 Å². The Balaban J connectivity index is 1.94. The zero-order chi connectivity index (χ0) is 14.5. The molecule has 0 fully saturated rings. The van der Waals surface area contributed by atoms with Crippen LogP contribution in [0.2, 0.25) is 0 Å². The molecule has 0 aliphatic heterocycles. The summed E-state index contributed by atoms with van der Waals surface area (Å²) in [6.45, 7) is 3.64. The molecule has 2 aromatic rings. The van der Waals surface area contributed by atoms with Gasteiger partial charge in [-0.3, -0.25) is 4.79 Å². The second kappa shape index (κ2) is 6.52. The van der Waals surface area contributed by atoms with Crippen LogP contribution in [0.5, 0.6) is 5.75 Å². The topological polar surface area (TPSA) is 51.2 Å². The monoisotopic (exact) mass is 334 g/mol. The Morgan fingerprint density at radius 2 is 1.95 bits per heavy atom. The number of pyridine rings is 1. The maximum atomic E-state index is 12.0. The molecule has 104 valence electrons. The second-order valence-electron chi connectivity index (χ2n) is 4.42. The third-order valence-corrected chi connectivity index (χ3v) is 3.19. The number of nitrogens with zero attached hydrogens (tertiary/aromatic N) is 1. The molecule has 1 amide bonds. The van der Waals surface area contributed by atoms with Crippen molar-refractivity contribution in [2.75, 3.05) is 5.32 Å². The van der Waals surface area contributed by atoms with Crippen LogP contribution in [0.15, 0.2) is 47.1 Å². The van der Waals surface area contributed by atoms with E-state index in [0.717, 1.165) is 10.0 Å². The number of carbonyl (C=O) groups excluding carboxylic acids is 1. The van der Waals surface area contributed by atoms with Crippen LogP contribution in [0.3, 0.4) is 0 Å². The summed E-state index contributed by atoms with van der Waals surface area (Å²) in [6, 6.07) is 11.0. The zero-order valence-electron chi connectivity index (χ0n) is 11.3. The van der Waals surface area contributed by atoms with Gasteiger partial charge in [0.2, 0.25) is 0 Å². The highest BCUT2D eigenvalue weighted by Crippen LogP contribution is 2.17. The van der Waals surface area contributed by atoms with Crippen molar-refractivity contribution < 1.29 is 9.53 Å². The molecule has 1 aromatic heterocycles. The minimum absolute atomic E-state index is 0.232. The van der Waals surface area contributed by atoms with E-state index in [1.807, 2.05) is 25.1 Å². The molecule has 1 atom stereocenters. The number of benzene rings is 1. The Hall–Kier alpha value is -1.88. The molecule has 0 aliphatic rings. The van der Waals surface area contributed by atoms with Crippen molar-refractivity contribution in [3.63, 3.8) is 0 Å². The van der Waals surface area contributed by atoms with E-state index in [4.69, 9.17) is 4.74 Å². The molecule has 2 rings (SSSR count). The molecule has 5 heteroatoms. The molecule has 0 radical (unpaired) electrons. The molecule has 0 spiro atoms. The third-order valence-electron chi connectivity index (χ3n) is 2.66. The van der Waals surface area contributed by atoms with Crippen molar-refractivity contribution in [1.82, 2.24) is 4.98 Å². The van der Waals surface area contributed by atoms with Gasteiger partial charge in [0, 0.05) is 10.7 Å². The molecule has 0 saturated carbocycles. The van der Waals surface area contributed by atoms with Gasteiger partial charge in [-0.15, -0.1) is 0 Å². The highest BCUT2D eigenvalue weighted by Gasteiger charge is 2.15. The van der Waals surface area contributed by atoms with Gasteiger partial charge >= 0.3 is 0 Å². The van der Waals surface area contributed by atoms with Crippen LogP contribution in [-0.4, -0.2) is 17.0 Å². The summed E-state index contributed by atoms with van der Waals surface area (Å²) in [7, 11) is 0. The lowest BCUT2D eigenvalue weighted by Crippen LogP contribution is -2.30. The Morgan fingerprint density at radius 1 is 1.25 bits per heavy atom. The molecule has 0 aliphatic carbocycles. The molecule has 4 nitrogen and oxygen atoms in total. The van der Waals surface area contributed by atoms with Gasteiger partial charge < -0.3 is 10.1 Å². The number of aromatic nitrogens is 1. The first-order valence-corrected chi connectivity index (χ1v) is 6.99. The molecule has 1 heterocycles. The number of halogens is 1.